The molecule has 1 aromatic rings. The van der Waals surface area contributed by atoms with Gasteiger partial charge in [-0.1, -0.05) is 22.0 Å². The first-order chi connectivity index (χ1) is 6.81. The van der Waals surface area contributed by atoms with Crippen molar-refractivity contribution in [2.75, 3.05) is 6.61 Å². The average molecular weight is 253 g/mol. The summed E-state index contributed by atoms with van der Waals surface area (Å²) in [5.41, 5.74) is 2.63. The van der Waals surface area contributed by atoms with E-state index in [2.05, 4.69) is 34.6 Å². The van der Waals surface area contributed by atoms with Crippen LogP contribution in [0, 0.1) is 0 Å². The smallest absolute Gasteiger partial charge is 0.125 e. The normalized spacial score (nSPS) is 13.5. The third-order valence-corrected chi connectivity index (χ3v) is 2.90. The third kappa shape index (κ3) is 1.85. The fourth-order valence-electron chi connectivity index (χ4n) is 1.79. The summed E-state index contributed by atoms with van der Waals surface area (Å²) in [6.07, 6.45) is 5.01. The first kappa shape index (κ1) is 9.78. The fourth-order valence-corrected chi connectivity index (χ4v) is 2.34. The predicted octanol–water partition coefficient (Wildman–Crippen LogP) is 3.50. The molecule has 74 valence electrons. The molecule has 1 aliphatic rings. The molecule has 0 amide bonds. The van der Waals surface area contributed by atoms with E-state index in [1.54, 1.807) is 0 Å². The van der Waals surface area contributed by atoms with Crippen LogP contribution in [0.2, 0.25) is 0 Å². The van der Waals surface area contributed by atoms with E-state index in [0.29, 0.717) is 0 Å². The monoisotopic (exact) mass is 252 g/mol. The Hall–Kier alpha value is -0.760. The Bertz CT molecular complexity index is 358. The number of hydrogen-bond donors (Lipinski definition) is 0. The Morgan fingerprint density at radius 2 is 2.36 bits per heavy atom. The fraction of sp³-hybridized carbons (Fsp3) is 0.333. The van der Waals surface area contributed by atoms with Crippen LogP contribution in [0.15, 0.2) is 29.3 Å². The van der Waals surface area contributed by atoms with Crippen LogP contribution in [0.3, 0.4) is 0 Å². The maximum absolute atomic E-state index is 5.63. The Labute approximate surface area is 92.9 Å². The second kappa shape index (κ2) is 4.18. The molecule has 0 fully saturated rings. The molecular weight excluding hydrogens is 240 g/mol. The minimum absolute atomic E-state index is 0.826. The van der Waals surface area contributed by atoms with Crippen LogP contribution in [0.4, 0.5) is 0 Å². The first-order valence-corrected chi connectivity index (χ1v) is 5.65. The van der Waals surface area contributed by atoms with Gasteiger partial charge in [-0.15, -0.1) is 6.58 Å². The molecule has 1 aliphatic heterocycles. The van der Waals surface area contributed by atoms with Crippen LogP contribution in [-0.2, 0) is 12.8 Å². The number of hydrogen-bond acceptors (Lipinski definition) is 1. The lowest BCUT2D eigenvalue weighted by molar-refractivity contribution is 0.353. The van der Waals surface area contributed by atoms with Crippen LogP contribution in [0.1, 0.15) is 17.5 Å². The van der Waals surface area contributed by atoms with Gasteiger partial charge in [-0.2, -0.15) is 0 Å². The van der Waals surface area contributed by atoms with E-state index in [4.69, 9.17) is 4.74 Å². The molecule has 2 heteroatoms. The average Bonchev–Trinajstić information content (AvgIpc) is 2.61. The van der Waals surface area contributed by atoms with Gasteiger partial charge in [0.2, 0.25) is 0 Å². The predicted molar refractivity (Wildman–Crippen MR) is 61.9 cm³/mol. The Morgan fingerprint density at radius 1 is 1.50 bits per heavy atom. The largest absolute Gasteiger partial charge is 0.493 e. The highest BCUT2D eigenvalue weighted by atomic mass is 79.9. The van der Waals surface area contributed by atoms with E-state index in [1.165, 1.54) is 11.1 Å². The summed E-state index contributed by atoms with van der Waals surface area (Å²) in [6, 6.07) is 4.30. The SMILES string of the molecule is C=CCCc1cc(Br)cc2c1OCC2. The molecule has 0 saturated heterocycles. The summed E-state index contributed by atoms with van der Waals surface area (Å²) >= 11 is 3.53. The van der Waals surface area contributed by atoms with Crippen molar-refractivity contribution in [3.8, 4) is 5.75 Å². The Balaban J connectivity index is 2.33. The highest BCUT2D eigenvalue weighted by Gasteiger charge is 2.16. The van der Waals surface area contributed by atoms with E-state index in [1.807, 2.05) is 6.08 Å². The van der Waals surface area contributed by atoms with Gasteiger partial charge in [0.05, 0.1) is 6.61 Å². The van der Waals surface area contributed by atoms with Gasteiger partial charge < -0.3 is 4.74 Å². The minimum Gasteiger partial charge on any atom is -0.493 e. The van der Waals surface area contributed by atoms with Gasteiger partial charge in [0.25, 0.3) is 0 Å². The maximum atomic E-state index is 5.63. The molecule has 0 spiro atoms. The van der Waals surface area contributed by atoms with E-state index in [9.17, 15) is 0 Å². The van der Waals surface area contributed by atoms with Crippen molar-refractivity contribution in [2.24, 2.45) is 0 Å². The number of benzene rings is 1. The van der Waals surface area contributed by atoms with Gasteiger partial charge in [0.1, 0.15) is 5.75 Å². The number of ether oxygens (including phenoxy) is 1. The number of fused-ring (bicyclic) bond motifs is 1. The Morgan fingerprint density at radius 3 is 3.14 bits per heavy atom. The van der Waals surface area contributed by atoms with Gasteiger partial charge in [0.15, 0.2) is 0 Å². The van der Waals surface area contributed by atoms with E-state index in [-0.39, 0.29) is 0 Å². The molecule has 0 saturated carbocycles. The standard InChI is InChI=1S/C12H13BrO/c1-2-3-4-9-7-11(13)8-10-5-6-14-12(9)10/h2,7-8H,1,3-6H2. The quantitative estimate of drug-likeness (QED) is 0.749. The molecule has 0 aliphatic carbocycles. The summed E-state index contributed by atoms with van der Waals surface area (Å²) in [4.78, 5) is 0. The maximum Gasteiger partial charge on any atom is 0.125 e. The highest BCUT2D eigenvalue weighted by Crippen LogP contribution is 2.33. The molecule has 0 aromatic heterocycles. The van der Waals surface area contributed by atoms with Crippen molar-refractivity contribution < 1.29 is 4.74 Å². The summed E-state index contributed by atoms with van der Waals surface area (Å²) in [6.45, 7) is 4.57. The van der Waals surface area contributed by atoms with Crippen molar-refractivity contribution in [2.45, 2.75) is 19.3 Å². The van der Waals surface area contributed by atoms with Crippen molar-refractivity contribution in [1.29, 1.82) is 0 Å². The second-order valence-electron chi connectivity index (χ2n) is 3.48. The van der Waals surface area contributed by atoms with E-state index < -0.39 is 0 Å². The lowest BCUT2D eigenvalue weighted by atomic mass is 10.0. The lowest BCUT2D eigenvalue weighted by Gasteiger charge is -2.07. The third-order valence-electron chi connectivity index (χ3n) is 2.44. The summed E-state index contributed by atoms with van der Waals surface area (Å²) in [7, 11) is 0. The molecule has 0 unspecified atom stereocenters. The molecular formula is C12H13BrO. The minimum atomic E-state index is 0.826. The van der Waals surface area contributed by atoms with Crippen LogP contribution in [0.5, 0.6) is 5.75 Å². The van der Waals surface area contributed by atoms with Crippen molar-refractivity contribution in [3.63, 3.8) is 0 Å². The van der Waals surface area contributed by atoms with Crippen molar-refractivity contribution in [1.82, 2.24) is 0 Å². The van der Waals surface area contributed by atoms with E-state index in [0.717, 1.165) is 36.1 Å². The molecule has 1 aromatic carbocycles. The van der Waals surface area contributed by atoms with Gasteiger partial charge >= 0.3 is 0 Å². The van der Waals surface area contributed by atoms with Gasteiger partial charge in [-0.3, -0.25) is 0 Å². The second-order valence-corrected chi connectivity index (χ2v) is 4.39. The van der Waals surface area contributed by atoms with Gasteiger partial charge in [-0.05, 0) is 36.1 Å². The summed E-state index contributed by atoms with van der Waals surface area (Å²) < 4.78 is 6.78. The molecule has 1 nitrogen and oxygen atoms in total. The Kier molecular flexibility index (Phi) is 2.92. The first-order valence-electron chi connectivity index (χ1n) is 4.86. The number of aryl methyl sites for hydroxylation is 1. The lowest BCUT2D eigenvalue weighted by Crippen LogP contribution is -1.91. The molecule has 0 radical (unpaired) electrons. The topological polar surface area (TPSA) is 9.23 Å². The van der Waals surface area contributed by atoms with Crippen molar-refractivity contribution in [3.05, 3.63) is 40.4 Å². The van der Waals surface area contributed by atoms with Gasteiger partial charge in [0, 0.05) is 10.9 Å². The number of rotatable bonds is 3. The zero-order chi connectivity index (χ0) is 9.97. The highest BCUT2D eigenvalue weighted by molar-refractivity contribution is 9.10. The molecule has 0 N–H and O–H groups in total. The van der Waals surface area contributed by atoms with Crippen molar-refractivity contribution >= 4 is 15.9 Å². The molecule has 0 bridgehead atoms. The molecule has 1 heterocycles. The van der Waals surface area contributed by atoms with Crippen LogP contribution in [0.25, 0.3) is 0 Å². The van der Waals surface area contributed by atoms with Crippen LogP contribution < -0.4 is 4.74 Å². The molecule has 2 rings (SSSR count). The number of allylic oxidation sites excluding steroid dienone is 1. The zero-order valence-electron chi connectivity index (χ0n) is 8.05. The zero-order valence-corrected chi connectivity index (χ0v) is 9.64. The van der Waals surface area contributed by atoms with Crippen LogP contribution in [-0.4, -0.2) is 6.61 Å². The van der Waals surface area contributed by atoms with E-state index >= 15 is 0 Å². The molecule has 0 atom stereocenters. The summed E-state index contributed by atoms with van der Waals surface area (Å²) in [5.74, 6) is 1.11. The number of halogens is 1. The van der Waals surface area contributed by atoms with Crippen LogP contribution >= 0.6 is 15.9 Å². The van der Waals surface area contributed by atoms with Gasteiger partial charge in [-0.25, -0.2) is 0 Å². The summed E-state index contributed by atoms with van der Waals surface area (Å²) in [5, 5.41) is 0. The molecule has 14 heavy (non-hydrogen) atoms.